The third-order valence-electron chi connectivity index (χ3n) is 4.81. The molecule has 0 aromatic rings. The minimum Gasteiger partial charge on any atom is -0.393 e. The zero-order valence-electron chi connectivity index (χ0n) is 12.4. The van der Waals surface area contributed by atoms with Crippen LogP contribution in [-0.4, -0.2) is 47.4 Å². The normalized spacial score (nSPS) is 38.0. The topological polar surface area (TPSA) is 32.7 Å². The molecule has 0 aromatic heterocycles. The van der Waals surface area contributed by atoms with Crippen LogP contribution in [0.1, 0.15) is 47.0 Å². The van der Waals surface area contributed by atoms with E-state index in [9.17, 15) is 5.11 Å². The van der Waals surface area contributed by atoms with Gasteiger partial charge in [-0.2, -0.15) is 0 Å². The van der Waals surface area contributed by atoms with E-state index in [4.69, 9.17) is 4.74 Å². The lowest BCUT2D eigenvalue weighted by molar-refractivity contribution is -0.106. The van der Waals surface area contributed by atoms with Crippen molar-refractivity contribution in [1.29, 1.82) is 0 Å². The van der Waals surface area contributed by atoms with Gasteiger partial charge in [-0.15, -0.1) is 0 Å². The first kappa shape index (κ1) is 14.3. The average Bonchev–Trinajstić information content (AvgIpc) is 2.27. The maximum absolute atomic E-state index is 10.0. The highest BCUT2D eigenvalue weighted by Gasteiger charge is 2.42. The summed E-state index contributed by atoms with van der Waals surface area (Å²) in [6, 6.07) is 0.521. The van der Waals surface area contributed by atoms with Crippen LogP contribution in [0.5, 0.6) is 0 Å². The third kappa shape index (κ3) is 2.89. The highest BCUT2D eigenvalue weighted by molar-refractivity contribution is 4.95. The Balaban J connectivity index is 2.15. The largest absolute Gasteiger partial charge is 0.393 e. The number of rotatable bonds is 2. The third-order valence-corrected chi connectivity index (χ3v) is 4.81. The van der Waals surface area contributed by atoms with Crippen molar-refractivity contribution in [3.8, 4) is 0 Å². The number of nitrogens with zero attached hydrogens (tertiary/aromatic N) is 1. The van der Waals surface area contributed by atoms with E-state index in [1.165, 1.54) is 0 Å². The zero-order chi connectivity index (χ0) is 13.3. The summed E-state index contributed by atoms with van der Waals surface area (Å²) < 4.78 is 5.62. The van der Waals surface area contributed by atoms with Crippen molar-refractivity contribution in [1.82, 2.24) is 4.90 Å². The van der Waals surface area contributed by atoms with E-state index in [0.29, 0.717) is 17.9 Å². The molecule has 106 valence electrons. The van der Waals surface area contributed by atoms with E-state index >= 15 is 0 Å². The van der Waals surface area contributed by atoms with Gasteiger partial charge in [0, 0.05) is 18.1 Å². The molecule has 0 amide bonds. The van der Waals surface area contributed by atoms with Crippen LogP contribution in [-0.2, 0) is 4.74 Å². The van der Waals surface area contributed by atoms with Gasteiger partial charge in [-0.3, -0.25) is 4.90 Å². The summed E-state index contributed by atoms with van der Waals surface area (Å²) in [5, 5.41) is 10.0. The Hall–Kier alpha value is -0.120. The molecule has 3 atom stereocenters. The smallest absolute Gasteiger partial charge is 0.0645 e. The van der Waals surface area contributed by atoms with Gasteiger partial charge in [0.2, 0.25) is 0 Å². The Morgan fingerprint density at radius 2 is 2.00 bits per heavy atom. The molecule has 0 aromatic carbocycles. The molecule has 3 heteroatoms. The van der Waals surface area contributed by atoms with E-state index in [2.05, 4.69) is 32.6 Å². The summed E-state index contributed by atoms with van der Waals surface area (Å²) >= 11 is 0. The Bertz CT molecular complexity index is 278. The van der Waals surface area contributed by atoms with Crippen molar-refractivity contribution in [2.75, 3.05) is 19.8 Å². The number of hydrogen-bond donors (Lipinski definition) is 1. The quantitative estimate of drug-likeness (QED) is 0.821. The molecular weight excluding hydrogens is 226 g/mol. The lowest BCUT2D eigenvalue weighted by Crippen LogP contribution is -2.61. The molecule has 2 fully saturated rings. The van der Waals surface area contributed by atoms with Crippen molar-refractivity contribution in [3.05, 3.63) is 0 Å². The molecular formula is C15H29NO2. The van der Waals surface area contributed by atoms with E-state index in [-0.39, 0.29) is 11.6 Å². The summed E-state index contributed by atoms with van der Waals surface area (Å²) in [4.78, 5) is 2.60. The van der Waals surface area contributed by atoms with Gasteiger partial charge in [-0.1, -0.05) is 13.8 Å². The van der Waals surface area contributed by atoms with E-state index in [0.717, 1.165) is 39.0 Å². The fourth-order valence-electron chi connectivity index (χ4n) is 3.77. The van der Waals surface area contributed by atoms with Gasteiger partial charge < -0.3 is 9.84 Å². The highest BCUT2D eigenvalue weighted by Crippen LogP contribution is 2.37. The van der Waals surface area contributed by atoms with E-state index in [1.54, 1.807) is 0 Å². The fourth-order valence-corrected chi connectivity index (χ4v) is 3.77. The summed E-state index contributed by atoms with van der Waals surface area (Å²) in [6.45, 7) is 11.8. The first-order valence-corrected chi connectivity index (χ1v) is 7.44. The number of hydrogen-bond acceptors (Lipinski definition) is 3. The van der Waals surface area contributed by atoms with Gasteiger partial charge >= 0.3 is 0 Å². The molecule has 1 N–H and O–H groups in total. The second kappa shape index (κ2) is 5.48. The Kier molecular flexibility index (Phi) is 4.35. The molecule has 0 radical (unpaired) electrons. The standard InChI is InChI=1S/C15H29NO2/c1-11(2)13-6-5-12(17)9-14(13)16-7-8-18-10-15(16,3)4/h11-14,17H,5-10H2,1-4H3. The molecule has 0 spiro atoms. The number of ether oxygens (including phenoxy) is 1. The predicted octanol–water partition coefficient (Wildman–Crippen LogP) is 2.28. The van der Waals surface area contributed by atoms with Crippen molar-refractivity contribution in [3.63, 3.8) is 0 Å². The zero-order valence-corrected chi connectivity index (χ0v) is 12.4. The monoisotopic (exact) mass is 255 g/mol. The van der Waals surface area contributed by atoms with Crippen LogP contribution in [0, 0.1) is 11.8 Å². The van der Waals surface area contributed by atoms with Crippen LogP contribution in [0.4, 0.5) is 0 Å². The molecule has 1 aliphatic heterocycles. The minimum absolute atomic E-state index is 0.104. The van der Waals surface area contributed by atoms with Crippen LogP contribution in [0.15, 0.2) is 0 Å². The molecule has 3 unspecified atom stereocenters. The Labute approximate surface area is 112 Å². The molecule has 3 nitrogen and oxygen atoms in total. The lowest BCUT2D eigenvalue weighted by atomic mass is 9.74. The molecule has 1 saturated heterocycles. The van der Waals surface area contributed by atoms with Gasteiger partial charge in [0.05, 0.1) is 19.3 Å². The summed E-state index contributed by atoms with van der Waals surface area (Å²) in [5.41, 5.74) is 0.104. The average molecular weight is 255 g/mol. The van der Waals surface area contributed by atoms with Crippen molar-refractivity contribution in [2.45, 2.75) is 64.6 Å². The second-order valence-corrected chi connectivity index (χ2v) is 7.00. The maximum atomic E-state index is 10.0. The second-order valence-electron chi connectivity index (χ2n) is 7.00. The first-order chi connectivity index (χ1) is 8.42. The Morgan fingerprint density at radius 3 is 2.61 bits per heavy atom. The summed E-state index contributed by atoms with van der Waals surface area (Å²) in [6.07, 6.45) is 2.97. The molecule has 2 rings (SSSR count). The lowest BCUT2D eigenvalue weighted by Gasteiger charge is -2.52. The van der Waals surface area contributed by atoms with Crippen molar-refractivity contribution < 1.29 is 9.84 Å². The molecule has 1 aliphatic carbocycles. The van der Waals surface area contributed by atoms with Gasteiger partial charge in [-0.05, 0) is 44.9 Å². The van der Waals surface area contributed by atoms with Crippen LogP contribution in [0.3, 0.4) is 0 Å². The molecule has 1 saturated carbocycles. The molecule has 18 heavy (non-hydrogen) atoms. The van der Waals surface area contributed by atoms with Crippen LogP contribution in [0.2, 0.25) is 0 Å². The van der Waals surface area contributed by atoms with Gasteiger partial charge in [0.25, 0.3) is 0 Å². The summed E-state index contributed by atoms with van der Waals surface area (Å²) in [5.74, 6) is 1.41. The number of aliphatic hydroxyl groups excluding tert-OH is 1. The van der Waals surface area contributed by atoms with Gasteiger partial charge in [0.1, 0.15) is 0 Å². The first-order valence-electron chi connectivity index (χ1n) is 7.44. The van der Waals surface area contributed by atoms with E-state index < -0.39 is 0 Å². The van der Waals surface area contributed by atoms with Crippen molar-refractivity contribution >= 4 is 0 Å². The molecule has 1 heterocycles. The van der Waals surface area contributed by atoms with Crippen LogP contribution < -0.4 is 0 Å². The highest BCUT2D eigenvalue weighted by atomic mass is 16.5. The molecule has 2 aliphatic rings. The van der Waals surface area contributed by atoms with Crippen molar-refractivity contribution in [2.24, 2.45) is 11.8 Å². The van der Waals surface area contributed by atoms with Crippen LogP contribution >= 0.6 is 0 Å². The van der Waals surface area contributed by atoms with Crippen LogP contribution in [0.25, 0.3) is 0 Å². The number of aliphatic hydroxyl groups is 1. The predicted molar refractivity (Wildman–Crippen MR) is 73.6 cm³/mol. The van der Waals surface area contributed by atoms with Gasteiger partial charge in [-0.25, -0.2) is 0 Å². The maximum Gasteiger partial charge on any atom is 0.0645 e. The summed E-state index contributed by atoms with van der Waals surface area (Å²) in [7, 11) is 0. The Morgan fingerprint density at radius 1 is 1.28 bits per heavy atom. The number of morpholine rings is 1. The van der Waals surface area contributed by atoms with E-state index in [1.807, 2.05) is 0 Å². The molecule has 0 bridgehead atoms. The fraction of sp³-hybridized carbons (Fsp3) is 1.00. The SMILES string of the molecule is CC(C)C1CCC(O)CC1N1CCOCC1(C)C. The van der Waals surface area contributed by atoms with Gasteiger partial charge in [0.15, 0.2) is 0 Å². The minimum atomic E-state index is -0.108.